The van der Waals surface area contributed by atoms with Crippen LogP contribution in [0.4, 0.5) is 4.39 Å². The number of benzene rings is 3. The van der Waals surface area contributed by atoms with Gasteiger partial charge in [0.15, 0.2) is 0 Å². The third-order valence-corrected chi connectivity index (χ3v) is 5.98. The van der Waals surface area contributed by atoms with E-state index in [1.54, 1.807) is 19.9 Å². The molecule has 0 aliphatic rings. The van der Waals surface area contributed by atoms with Gasteiger partial charge in [0, 0.05) is 22.1 Å². The van der Waals surface area contributed by atoms with Gasteiger partial charge in [-0.25, -0.2) is 9.37 Å². The molecule has 6 heteroatoms. The molecule has 0 spiro atoms. The van der Waals surface area contributed by atoms with Crippen LogP contribution in [0.5, 0.6) is 5.75 Å². The molecule has 0 bridgehead atoms. The lowest BCUT2D eigenvalue weighted by Crippen LogP contribution is -2.41. The summed E-state index contributed by atoms with van der Waals surface area (Å²) >= 11 is 0. The molecule has 36 heavy (non-hydrogen) atoms. The highest BCUT2D eigenvalue weighted by Crippen LogP contribution is 2.33. The van der Waals surface area contributed by atoms with Gasteiger partial charge in [0.25, 0.3) is 0 Å². The molecule has 4 aromatic rings. The summed E-state index contributed by atoms with van der Waals surface area (Å²) < 4.78 is 25.0. The van der Waals surface area contributed by atoms with Crippen LogP contribution in [0.3, 0.4) is 0 Å². The van der Waals surface area contributed by atoms with Crippen LogP contribution in [-0.4, -0.2) is 29.7 Å². The van der Waals surface area contributed by atoms with Crippen LogP contribution in [0.1, 0.15) is 32.8 Å². The standard InChI is InChI=1S/C30H31FN2O3/c1-4-35-28-9-7-6-8-24(28)20-10-12-21(13-11-20)27-16-22(18-30(3,32)19-29(34)36-5-2)25-17-23(31)14-15-26(25)33-27/h6-17H,4-5,18-19,32H2,1-3H3. The van der Waals surface area contributed by atoms with Crippen LogP contribution in [0.2, 0.25) is 0 Å². The normalized spacial score (nSPS) is 12.8. The Bertz CT molecular complexity index is 1370. The maximum absolute atomic E-state index is 14.1. The zero-order valence-corrected chi connectivity index (χ0v) is 20.9. The van der Waals surface area contributed by atoms with Gasteiger partial charge in [-0.2, -0.15) is 0 Å². The van der Waals surface area contributed by atoms with E-state index in [-0.39, 0.29) is 18.2 Å². The van der Waals surface area contributed by atoms with E-state index >= 15 is 0 Å². The molecular formula is C30H31FN2O3. The first-order chi connectivity index (χ1) is 17.3. The lowest BCUT2D eigenvalue weighted by atomic mass is 9.88. The molecule has 0 amide bonds. The van der Waals surface area contributed by atoms with Gasteiger partial charge in [-0.15, -0.1) is 0 Å². The number of hydrogen-bond donors (Lipinski definition) is 1. The molecule has 1 unspecified atom stereocenters. The molecule has 0 aliphatic heterocycles. The molecule has 5 nitrogen and oxygen atoms in total. The minimum atomic E-state index is -0.864. The molecule has 2 N–H and O–H groups in total. The predicted octanol–water partition coefficient (Wildman–Crippen LogP) is 6.32. The molecule has 3 aromatic carbocycles. The summed E-state index contributed by atoms with van der Waals surface area (Å²) in [6.07, 6.45) is 0.421. The van der Waals surface area contributed by atoms with Gasteiger partial charge in [-0.05, 0) is 68.7 Å². The monoisotopic (exact) mass is 486 g/mol. The zero-order chi connectivity index (χ0) is 25.7. The summed E-state index contributed by atoms with van der Waals surface area (Å²) in [5, 5.41) is 0.682. The molecule has 4 rings (SSSR count). The Balaban J connectivity index is 1.71. The van der Waals surface area contributed by atoms with E-state index in [0.717, 1.165) is 33.7 Å². The first-order valence-electron chi connectivity index (χ1n) is 12.2. The number of fused-ring (bicyclic) bond motifs is 1. The number of para-hydroxylation sites is 1. The smallest absolute Gasteiger partial charge is 0.307 e. The molecule has 186 valence electrons. The van der Waals surface area contributed by atoms with E-state index in [0.29, 0.717) is 30.5 Å². The number of carbonyl (C=O) groups is 1. The van der Waals surface area contributed by atoms with Gasteiger partial charge in [-0.3, -0.25) is 4.79 Å². The van der Waals surface area contributed by atoms with Crippen molar-refractivity contribution in [3.05, 3.63) is 84.2 Å². The molecule has 1 heterocycles. The van der Waals surface area contributed by atoms with Crippen molar-refractivity contribution in [3.8, 4) is 28.1 Å². The lowest BCUT2D eigenvalue weighted by Gasteiger charge is -2.24. The SMILES string of the molecule is CCOC(=O)CC(C)(N)Cc1cc(-c2ccc(-c3ccccc3OCC)cc2)nc2ccc(F)cc12. The fourth-order valence-corrected chi connectivity index (χ4v) is 4.41. The van der Waals surface area contributed by atoms with Gasteiger partial charge < -0.3 is 15.2 Å². The predicted molar refractivity (Wildman–Crippen MR) is 141 cm³/mol. The van der Waals surface area contributed by atoms with Crippen molar-refractivity contribution >= 4 is 16.9 Å². The Hall–Kier alpha value is -3.77. The largest absolute Gasteiger partial charge is 0.493 e. The van der Waals surface area contributed by atoms with E-state index in [1.807, 2.05) is 61.5 Å². The zero-order valence-electron chi connectivity index (χ0n) is 20.9. The number of carbonyl (C=O) groups excluding carboxylic acids is 1. The minimum Gasteiger partial charge on any atom is -0.493 e. The summed E-state index contributed by atoms with van der Waals surface area (Å²) in [5.41, 5.74) is 10.9. The van der Waals surface area contributed by atoms with Crippen LogP contribution in [0, 0.1) is 5.82 Å². The summed E-state index contributed by atoms with van der Waals surface area (Å²) in [4.78, 5) is 16.9. The van der Waals surface area contributed by atoms with Crippen molar-refractivity contribution in [3.63, 3.8) is 0 Å². The summed E-state index contributed by atoms with van der Waals surface area (Å²) in [5.74, 6) is 0.139. The fraction of sp³-hybridized carbons (Fsp3) is 0.267. The highest BCUT2D eigenvalue weighted by molar-refractivity contribution is 5.86. The summed E-state index contributed by atoms with van der Waals surface area (Å²) in [7, 11) is 0. The molecule has 0 saturated carbocycles. The van der Waals surface area contributed by atoms with Crippen molar-refractivity contribution < 1.29 is 18.7 Å². The second-order valence-corrected chi connectivity index (χ2v) is 9.15. The van der Waals surface area contributed by atoms with Gasteiger partial charge >= 0.3 is 5.97 Å². The van der Waals surface area contributed by atoms with E-state index in [9.17, 15) is 9.18 Å². The molecule has 0 aliphatic carbocycles. The molecule has 0 radical (unpaired) electrons. The van der Waals surface area contributed by atoms with Gasteiger partial charge in [0.1, 0.15) is 11.6 Å². The number of ether oxygens (including phenoxy) is 2. The third kappa shape index (κ3) is 5.89. The Kier molecular flexibility index (Phi) is 7.65. The van der Waals surface area contributed by atoms with Crippen molar-refractivity contribution in [2.24, 2.45) is 5.73 Å². The van der Waals surface area contributed by atoms with Crippen LogP contribution in [-0.2, 0) is 16.0 Å². The summed E-state index contributed by atoms with van der Waals surface area (Å²) in [6, 6.07) is 22.5. The third-order valence-electron chi connectivity index (χ3n) is 5.98. The molecule has 1 aromatic heterocycles. The van der Waals surface area contributed by atoms with Gasteiger partial charge in [-0.1, -0.05) is 42.5 Å². The number of halogens is 1. The highest BCUT2D eigenvalue weighted by Gasteiger charge is 2.25. The number of nitrogens with zero attached hydrogens (tertiary/aromatic N) is 1. The highest BCUT2D eigenvalue weighted by atomic mass is 19.1. The van der Waals surface area contributed by atoms with Crippen LogP contribution >= 0.6 is 0 Å². The van der Waals surface area contributed by atoms with Crippen LogP contribution in [0.15, 0.2) is 72.8 Å². The minimum absolute atomic E-state index is 0.0588. The first-order valence-corrected chi connectivity index (χ1v) is 12.2. The first kappa shape index (κ1) is 25.3. The number of hydrogen-bond acceptors (Lipinski definition) is 5. The van der Waals surface area contributed by atoms with Crippen molar-refractivity contribution in [1.82, 2.24) is 4.98 Å². The van der Waals surface area contributed by atoms with E-state index in [2.05, 4.69) is 0 Å². The van der Waals surface area contributed by atoms with Gasteiger partial charge in [0.05, 0.1) is 30.8 Å². The molecule has 1 atom stereocenters. The maximum Gasteiger partial charge on any atom is 0.307 e. The van der Waals surface area contributed by atoms with Gasteiger partial charge in [0.2, 0.25) is 0 Å². The quantitative estimate of drug-likeness (QED) is 0.280. The number of rotatable bonds is 9. The average molecular weight is 487 g/mol. The number of esters is 1. The molecule has 0 saturated heterocycles. The molecular weight excluding hydrogens is 455 g/mol. The topological polar surface area (TPSA) is 74.4 Å². The van der Waals surface area contributed by atoms with Crippen LogP contribution in [0.25, 0.3) is 33.3 Å². The van der Waals surface area contributed by atoms with Crippen molar-refractivity contribution in [1.29, 1.82) is 0 Å². The summed E-state index contributed by atoms with van der Waals surface area (Å²) in [6.45, 7) is 6.43. The lowest BCUT2D eigenvalue weighted by molar-refractivity contribution is -0.144. The second-order valence-electron chi connectivity index (χ2n) is 9.15. The number of nitrogens with two attached hydrogens (primary N) is 1. The average Bonchev–Trinajstić information content (AvgIpc) is 2.84. The number of aromatic nitrogens is 1. The van der Waals surface area contributed by atoms with E-state index in [1.165, 1.54) is 12.1 Å². The molecule has 0 fully saturated rings. The van der Waals surface area contributed by atoms with E-state index in [4.69, 9.17) is 20.2 Å². The fourth-order valence-electron chi connectivity index (χ4n) is 4.41. The Labute approximate surface area is 211 Å². The second kappa shape index (κ2) is 10.9. The van der Waals surface area contributed by atoms with Crippen LogP contribution < -0.4 is 10.5 Å². The van der Waals surface area contributed by atoms with Crippen molar-refractivity contribution in [2.75, 3.05) is 13.2 Å². The maximum atomic E-state index is 14.1. The number of pyridine rings is 1. The van der Waals surface area contributed by atoms with E-state index < -0.39 is 5.54 Å². The Morgan fingerprint density at radius 1 is 0.972 bits per heavy atom. The Morgan fingerprint density at radius 2 is 1.69 bits per heavy atom. The Morgan fingerprint density at radius 3 is 2.42 bits per heavy atom. The van der Waals surface area contributed by atoms with Crippen molar-refractivity contribution in [2.45, 2.75) is 39.2 Å².